The van der Waals surface area contributed by atoms with Crippen LogP contribution in [0.4, 0.5) is 10.5 Å². The number of carbonyl (C=O) groups excluding carboxylic acids is 3. The number of aryl methyl sites for hydroxylation is 2. The second kappa shape index (κ2) is 21.6. The lowest BCUT2D eigenvalue weighted by molar-refractivity contribution is -0.128. The van der Waals surface area contributed by atoms with Gasteiger partial charge in [0.15, 0.2) is 10.7 Å². The quantitative estimate of drug-likeness (QED) is 0.169. The molecule has 1 aromatic carbocycles. The number of carbonyl (C=O) groups is 3. The van der Waals surface area contributed by atoms with E-state index in [1.807, 2.05) is 60.6 Å². The fourth-order valence-electron chi connectivity index (χ4n) is 4.32. The van der Waals surface area contributed by atoms with Gasteiger partial charge in [-0.05, 0) is 52.2 Å². The third kappa shape index (κ3) is 14.0. The lowest BCUT2D eigenvalue weighted by Crippen LogP contribution is -2.47. The number of anilines is 1. The maximum absolute atomic E-state index is 12.2. The van der Waals surface area contributed by atoms with Crippen molar-refractivity contribution >= 4 is 58.3 Å². The Morgan fingerprint density at radius 3 is 2.08 bits per heavy atom. The number of hydrogen-bond donors (Lipinski definition) is 2. The molecule has 0 aliphatic carbocycles. The van der Waals surface area contributed by atoms with Crippen LogP contribution in [0.15, 0.2) is 48.3 Å². The summed E-state index contributed by atoms with van der Waals surface area (Å²) in [6.45, 7) is 23.6. The van der Waals surface area contributed by atoms with Crippen molar-refractivity contribution in [2.45, 2.75) is 84.1 Å². The van der Waals surface area contributed by atoms with Crippen molar-refractivity contribution in [3.05, 3.63) is 70.9 Å². The van der Waals surface area contributed by atoms with Gasteiger partial charge in [0.1, 0.15) is 5.88 Å². The zero-order valence-electron chi connectivity index (χ0n) is 29.6. The van der Waals surface area contributed by atoms with Crippen molar-refractivity contribution in [1.82, 2.24) is 24.7 Å². The molecular formula is C33H52Cl3N7O5. The van der Waals surface area contributed by atoms with Gasteiger partial charge in [0, 0.05) is 31.7 Å². The summed E-state index contributed by atoms with van der Waals surface area (Å²) in [5, 5.41) is 6.57. The third-order valence-electron chi connectivity index (χ3n) is 6.40. The van der Waals surface area contributed by atoms with Crippen LogP contribution in [-0.2, 0) is 20.7 Å². The summed E-state index contributed by atoms with van der Waals surface area (Å²) in [4.78, 5) is 49.1. The lowest BCUT2D eigenvalue weighted by Gasteiger charge is -2.31. The first kappa shape index (κ1) is 44.7. The number of ether oxygens (including phenoxy) is 1. The summed E-state index contributed by atoms with van der Waals surface area (Å²) in [5.41, 5.74) is 2.13. The zero-order valence-corrected chi connectivity index (χ0v) is 31.8. The summed E-state index contributed by atoms with van der Waals surface area (Å²) < 4.78 is 6.82. The standard InChI is InChI=1S/C15H22ClNO2.C10H19N5O2.C8H11Cl2NO/c1-5-13-8-6-7-11(2)15(13)17(14(18)9-16)12(3)10-19-4;1-6(2)7-13-15(9(17)14(7)11)8(16)12-10(3,4)5;1-3-5-11(6-4-2)8(12)7(9)10/h6-8,12H,5,9-10H2,1-4H3;6H,11H2,1-5H3,(H,12,16);3-4,7H,1-2,5-6H2. The Kier molecular flexibility index (Phi) is 20.1. The number of benzene rings is 1. The highest BCUT2D eigenvalue weighted by molar-refractivity contribution is 6.53. The second-order valence-electron chi connectivity index (χ2n) is 12.0. The molecule has 3 N–H and O–H groups in total. The molecule has 270 valence electrons. The minimum atomic E-state index is -1.01. The molecule has 0 aliphatic rings. The van der Waals surface area contributed by atoms with Crippen LogP contribution in [-0.4, -0.2) is 86.3 Å². The molecule has 1 atom stereocenters. The Bertz CT molecular complexity index is 1410. The maximum atomic E-state index is 12.2. The van der Waals surface area contributed by atoms with E-state index in [4.69, 9.17) is 45.4 Å². The monoisotopic (exact) mass is 731 g/mol. The molecular weight excluding hydrogens is 681 g/mol. The second-order valence-corrected chi connectivity index (χ2v) is 13.4. The van der Waals surface area contributed by atoms with Crippen molar-refractivity contribution in [1.29, 1.82) is 0 Å². The van der Waals surface area contributed by atoms with Crippen LogP contribution in [0.5, 0.6) is 0 Å². The first-order valence-electron chi connectivity index (χ1n) is 15.4. The predicted molar refractivity (Wildman–Crippen MR) is 197 cm³/mol. The number of nitrogens with one attached hydrogen (secondary N) is 1. The van der Waals surface area contributed by atoms with Gasteiger partial charge in [0.2, 0.25) is 5.91 Å². The topological polar surface area (TPSA) is 145 Å². The first-order chi connectivity index (χ1) is 22.3. The molecule has 0 fully saturated rings. The van der Waals surface area contributed by atoms with Crippen LogP contribution < -0.4 is 21.7 Å². The molecule has 0 saturated heterocycles. The third-order valence-corrected chi connectivity index (χ3v) is 7.00. The van der Waals surface area contributed by atoms with Crippen LogP contribution in [0, 0.1) is 6.92 Å². The maximum Gasteiger partial charge on any atom is 0.373 e. The number of alkyl halides is 3. The van der Waals surface area contributed by atoms with Crippen LogP contribution in [0.2, 0.25) is 0 Å². The van der Waals surface area contributed by atoms with Crippen LogP contribution in [0.25, 0.3) is 0 Å². The van der Waals surface area contributed by atoms with E-state index >= 15 is 0 Å². The molecule has 15 heteroatoms. The van der Waals surface area contributed by atoms with Gasteiger partial charge in [-0.15, -0.1) is 34.5 Å². The number of nitrogen functional groups attached to an aromatic ring is 1. The number of rotatable bonds is 12. The van der Waals surface area contributed by atoms with Gasteiger partial charge >= 0.3 is 11.7 Å². The minimum absolute atomic E-state index is 0.0223. The highest BCUT2D eigenvalue weighted by Crippen LogP contribution is 2.28. The largest absolute Gasteiger partial charge is 0.383 e. The smallest absolute Gasteiger partial charge is 0.373 e. The van der Waals surface area contributed by atoms with Crippen molar-refractivity contribution in [3.63, 3.8) is 0 Å². The molecule has 0 bridgehead atoms. The van der Waals surface area contributed by atoms with Gasteiger partial charge in [-0.25, -0.2) is 9.59 Å². The van der Waals surface area contributed by atoms with Gasteiger partial charge in [0.25, 0.3) is 5.91 Å². The SMILES string of the molecule is C=CCN(CC=C)C(=O)C(Cl)Cl.CC(C)c1nn(C(=O)NC(C)(C)C)c(=O)n1N.CCc1cccc(C)c1N(C(=O)CCl)C(C)COC. The van der Waals surface area contributed by atoms with Gasteiger partial charge in [-0.1, -0.05) is 74.3 Å². The number of amides is 3. The molecule has 2 rings (SSSR count). The van der Waals surface area contributed by atoms with E-state index < -0.39 is 22.1 Å². The number of hydrogen-bond acceptors (Lipinski definition) is 7. The fraction of sp³-hybridized carbons (Fsp3) is 0.545. The molecule has 1 unspecified atom stereocenters. The molecule has 0 aliphatic heterocycles. The summed E-state index contributed by atoms with van der Waals surface area (Å²) in [6.07, 6.45) is 4.10. The molecule has 1 heterocycles. The van der Waals surface area contributed by atoms with E-state index in [9.17, 15) is 19.2 Å². The number of methoxy groups -OCH3 is 1. The molecule has 2 aromatic rings. The van der Waals surface area contributed by atoms with E-state index in [1.54, 1.807) is 24.2 Å². The molecule has 1 aromatic heterocycles. The number of aromatic nitrogens is 3. The predicted octanol–water partition coefficient (Wildman–Crippen LogP) is 5.39. The summed E-state index contributed by atoms with van der Waals surface area (Å²) in [7, 11) is 1.64. The minimum Gasteiger partial charge on any atom is -0.383 e. The molecule has 0 saturated carbocycles. The van der Waals surface area contributed by atoms with Gasteiger partial charge < -0.3 is 25.7 Å². The molecule has 3 amide bonds. The van der Waals surface area contributed by atoms with Gasteiger partial charge in [-0.2, -0.15) is 4.68 Å². The Labute approximate surface area is 299 Å². The van der Waals surface area contributed by atoms with Crippen LogP contribution >= 0.6 is 34.8 Å². The van der Waals surface area contributed by atoms with Gasteiger partial charge in [0.05, 0.1) is 18.3 Å². The van der Waals surface area contributed by atoms with E-state index in [-0.39, 0.29) is 29.7 Å². The normalized spacial score (nSPS) is 11.5. The van der Waals surface area contributed by atoms with Crippen LogP contribution in [0.1, 0.15) is 71.3 Å². The summed E-state index contributed by atoms with van der Waals surface area (Å²) in [6, 6.07) is 5.47. The Morgan fingerprint density at radius 1 is 1.12 bits per heavy atom. The van der Waals surface area contributed by atoms with E-state index in [2.05, 4.69) is 36.6 Å². The highest BCUT2D eigenvalue weighted by Gasteiger charge is 2.25. The number of nitrogens with zero attached hydrogens (tertiary/aromatic N) is 5. The average molecular weight is 733 g/mol. The number of para-hydroxylation sites is 1. The van der Waals surface area contributed by atoms with Crippen LogP contribution in [0.3, 0.4) is 0 Å². The molecule has 12 nitrogen and oxygen atoms in total. The lowest BCUT2D eigenvalue weighted by atomic mass is 10.0. The van der Waals surface area contributed by atoms with Crippen molar-refractivity contribution in [3.8, 4) is 0 Å². The fourth-order valence-corrected chi connectivity index (χ4v) is 4.72. The molecule has 0 radical (unpaired) electrons. The number of halogens is 3. The van der Waals surface area contributed by atoms with E-state index in [1.165, 1.54) is 4.90 Å². The Hall–Kier alpha value is -3.32. The van der Waals surface area contributed by atoms with Crippen molar-refractivity contribution in [2.75, 3.05) is 43.4 Å². The van der Waals surface area contributed by atoms with Crippen molar-refractivity contribution in [2.24, 2.45) is 0 Å². The number of nitrogens with two attached hydrogens (primary N) is 1. The summed E-state index contributed by atoms with van der Waals surface area (Å²) >= 11 is 16.6. The molecule has 48 heavy (non-hydrogen) atoms. The Morgan fingerprint density at radius 2 is 1.69 bits per heavy atom. The summed E-state index contributed by atoms with van der Waals surface area (Å²) in [5.74, 6) is 5.46. The van der Waals surface area contributed by atoms with E-state index in [0.717, 1.165) is 32.6 Å². The van der Waals surface area contributed by atoms with Gasteiger partial charge in [-0.3, -0.25) is 9.59 Å². The van der Waals surface area contributed by atoms with E-state index in [0.29, 0.717) is 25.5 Å². The highest BCUT2D eigenvalue weighted by atomic mass is 35.5. The Balaban J connectivity index is 0.000000709. The first-order valence-corrected chi connectivity index (χ1v) is 16.8. The average Bonchev–Trinajstić information content (AvgIpc) is 3.31. The van der Waals surface area contributed by atoms with Crippen molar-refractivity contribution < 1.29 is 19.1 Å². The zero-order chi connectivity index (χ0) is 37.4. The molecule has 0 spiro atoms.